The van der Waals surface area contributed by atoms with E-state index in [2.05, 4.69) is 66.5 Å². The highest BCUT2D eigenvalue weighted by Gasteiger charge is 1.99. The first-order valence-corrected chi connectivity index (χ1v) is 5.77. The van der Waals surface area contributed by atoms with Crippen LogP contribution in [-0.4, -0.2) is 0 Å². The van der Waals surface area contributed by atoms with Gasteiger partial charge in [0.2, 0.25) is 0 Å². The van der Waals surface area contributed by atoms with Crippen LogP contribution in [0.1, 0.15) is 5.56 Å². The van der Waals surface area contributed by atoms with E-state index in [1.54, 1.807) is 0 Å². The van der Waals surface area contributed by atoms with E-state index in [9.17, 15) is 0 Å². The third-order valence-electron chi connectivity index (χ3n) is 2.90. The van der Waals surface area contributed by atoms with Crippen molar-refractivity contribution < 1.29 is 0 Å². The van der Waals surface area contributed by atoms with Gasteiger partial charge in [-0.1, -0.05) is 66.5 Å². The van der Waals surface area contributed by atoms with Crippen molar-refractivity contribution in [2.45, 2.75) is 0 Å². The molecule has 0 unspecified atom stereocenters. The van der Waals surface area contributed by atoms with Crippen molar-refractivity contribution in [2.24, 2.45) is 5.92 Å². The molecule has 0 aromatic rings. The zero-order valence-electron chi connectivity index (χ0n) is 9.43. The average Bonchev–Trinajstić information content (AvgIpc) is 2.97. The molecule has 3 aliphatic rings. The Morgan fingerprint density at radius 2 is 1.41 bits per heavy atom. The summed E-state index contributed by atoms with van der Waals surface area (Å²) >= 11 is 0. The lowest BCUT2D eigenvalue weighted by Crippen LogP contribution is -1.81. The lowest BCUT2D eigenvalue weighted by Gasteiger charge is -1.89. The summed E-state index contributed by atoms with van der Waals surface area (Å²) in [4.78, 5) is 0. The third-order valence-corrected chi connectivity index (χ3v) is 2.90. The van der Waals surface area contributed by atoms with E-state index in [0.717, 1.165) is 5.56 Å². The molecule has 3 aliphatic carbocycles. The number of hydrogen-bond donors (Lipinski definition) is 0. The van der Waals surface area contributed by atoms with Gasteiger partial charge in [0.05, 0.1) is 5.92 Å². The maximum Gasteiger partial charge on any atom is 0.0573 e. The van der Waals surface area contributed by atoms with Gasteiger partial charge in [-0.15, -0.1) is 0 Å². The fourth-order valence-electron chi connectivity index (χ4n) is 1.94. The first-order valence-electron chi connectivity index (χ1n) is 5.77. The number of allylic oxidation sites excluding steroid dienone is 4. The van der Waals surface area contributed by atoms with Crippen molar-refractivity contribution in [2.75, 3.05) is 0 Å². The van der Waals surface area contributed by atoms with Crippen LogP contribution >= 0.6 is 0 Å². The highest BCUT2D eigenvalue weighted by molar-refractivity contribution is 5.66. The van der Waals surface area contributed by atoms with E-state index < -0.39 is 0 Å². The zero-order valence-corrected chi connectivity index (χ0v) is 9.43. The maximum atomic E-state index is 3.23. The summed E-state index contributed by atoms with van der Waals surface area (Å²) in [6.07, 6.45) is 8.29. The highest BCUT2D eigenvalue weighted by Crippen LogP contribution is 2.21. The number of rotatable bonds is 0. The fraction of sp³-hybridized carbons (Fsp3) is 0.0588. The molecule has 0 aromatic heterocycles. The Morgan fingerprint density at radius 3 is 2.06 bits per heavy atom. The van der Waals surface area contributed by atoms with Crippen LogP contribution < -0.4 is 0 Å². The first-order chi connectivity index (χ1) is 8.42. The summed E-state index contributed by atoms with van der Waals surface area (Å²) in [6.45, 7) is 0. The Hall–Kier alpha value is -2.26. The average molecular weight is 216 g/mol. The van der Waals surface area contributed by atoms with Gasteiger partial charge in [-0.25, -0.2) is 0 Å². The lowest BCUT2D eigenvalue weighted by atomic mass is 10.1. The molecule has 0 atom stereocenters. The Bertz CT molecular complexity index is 577. The minimum Gasteiger partial charge on any atom is -0.0861 e. The largest absolute Gasteiger partial charge is 0.0861 e. The van der Waals surface area contributed by atoms with Gasteiger partial charge in [-0.3, -0.25) is 0 Å². The van der Waals surface area contributed by atoms with Gasteiger partial charge in [-0.2, -0.15) is 0 Å². The summed E-state index contributed by atoms with van der Waals surface area (Å²) < 4.78 is 0. The second-order valence-corrected chi connectivity index (χ2v) is 4.12. The predicted octanol–water partition coefficient (Wildman–Crippen LogP) is 3.89. The van der Waals surface area contributed by atoms with Crippen molar-refractivity contribution >= 4 is 0 Å². The molecule has 0 heterocycles. The fourth-order valence-corrected chi connectivity index (χ4v) is 1.94. The monoisotopic (exact) mass is 216 g/mol. The van der Waals surface area contributed by atoms with Crippen molar-refractivity contribution in [1.29, 1.82) is 0 Å². The highest BCUT2D eigenvalue weighted by atomic mass is 14.0. The van der Waals surface area contributed by atoms with E-state index in [1.807, 2.05) is 12.2 Å². The SMILES string of the molecule is C(#CC1C=CC=C1)c1ccc2cccc-2cc1. The normalized spacial score (nSPS) is 13.9. The van der Waals surface area contributed by atoms with Gasteiger partial charge in [0.15, 0.2) is 0 Å². The number of hydrogen-bond acceptors (Lipinski definition) is 0. The van der Waals surface area contributed by atoms with E-state index in [4.69, 9.17) is 0 Å². The van der Waals surface area contributed by atoms with Gasteiger partial charge in [0.25, 0.3) is 0 Å². The van der Waals surface area contributed by atoms with Crippen LogP contribution in [0.2, 0.25) is 0 Å². The summed E-state index contributed by atoms with van der Waals surface area (Å²) in [5.74, 6) is 6.73. The third kappa shape index (κ3) is 2.14. The van der Waals surface area contributed by atoms with Crippen molar-refractivity contribution in [3.05, 3.63) is 72.3 Å². The molecule has 0 N–H and O–H groups in total. The molecule has 0 saturated heterocycles. The molecule has 80 valence electrons. The van der Waals surface area contributed by atoms with Crippen LogP contribution in [0.15, 0.2) is 66.8 Å². The Balaban J connectivity index is 1.93. The van der Waals surface area contributed by atoms with Crippen LogP contribution in [-0.2, 0) is 0 Å². The standard InChI is InChI=1S/C17H12/c1-2-5-14(4-1)8-9-15-10-12-16-6-3-7-17(16)13-11-15/h1-7,10-14H. The quantitative estimate of drug-likeness (QED) is 0.586. The Labute approximate surface area is 102 Å². The second-order valence-electron chi connectivity index (χ2n) is 4.12. The molecule has 0 radical (unpaired) electrons. The van der Waals surface area contributed by atoms with E-state index >= 15 is 0 Å². The maximum absolute atomic E-state index is 3.23. The minimum atomic E-state index is 0.277. The summed E-state index contributed by atoms with van der Waals surface area (Å²) in [5.41, 5.74) is 3.59. The van der Waals surface area contributed by atoms with Gasteiger partial charge in [0, 0.05) is 5.56 Å². The van der Waals surface area contributed by atoms with Crippen molar-refractivity contribution in [3.8, 4) is 23.0 Å². The summed E-state index contributed by atoms with van der Waals surface area (Å²) in [6, 6.07) is 14.7. The molecule has 0 aromatic carbocycles. The molecule has 0 nitrogen and oxygen atoms in total. The predicted molar refractivity (Wildman–Crippen MR) is 71.7 cm³/mol. The molecule has 0 fully saturated rings. The van der Waals surface area contributed by atoms with Crippen LogP contribution in [0.4, 0.5) is 0 Å². The smallest absolute Gasteiger partial charge is 0.0573 e. The molecule has 0 bridgehead atoms. The van der Waals surface area contributed by atoms with Crippen molar-refractivity contribution in [3.63, 3.8) is 0 Å². The molecule has 0 amide bonds. The summed E-state index contributed by atoms with van der Waals surface area (Å²) in [7, 11) is 0. The molecular formula is C17H12. The van der Waals surface area contributed by atoms with Crippen LogP contribution in [0.5, 0.6) is 0 Å². The summed E-state index contributed by atoms with van der Waals surface area (Å²) in [5, 5.41) is 0. The molecule has 17 heavy (non-hydrogen) atoms. The number of fused-ring (bicyclic) bond motifs is 1. The van der Waals surface area contributed by atoms with Gasteiger partial charge >= 0.3 is 0 Å². The molecule has 0 saturated carbocycles. The molecule has 0 aliphatic heterocycles. The van der Waals surface area contributed by atoms with E-state index in [-0.39, 0.29) is 5.92 Å². The Kier molecular flexibility index (Phi) is 2.52. The molecule has 0 spiro atoms. The Morgan fingerprint density at radius 1 is 0.765 bits per heavy atom. The minimum absolute atomic E-state index is 0.277. The van der Waals surface area contributed by atoms with Crippen LogP contribution in [0, 0.1) is 17.8 Å². The van der Waals surface area contributed by atoms with E-state index in [1.165, 1.54) is 11.1 Å². The van der Waals surface area contributed by atoms with Gasteiger partial charge in [-0.05, 0) is 23.3 Å². The molecular weight excluding hydrogens is 204 g/mol. The topological polar surface area (TPSA) is 0 Å². The lowest BCUT2D eigenvalue weighted by molar-refractivity contribution is 1.15. The molecule has 3 rings (SSSR count). The van der Waals surface area contributed by atoms with Crippen molar-refractivity contribution in [1.82, 2.24) is 0 Å². The molecule has 0 heteroatoms. The second kappa shape index (κ2) is 4.31. The van der Waals surface area contributed by atoms with Crippen LogP contribution in [0.25, 0.3) is 11.1 Å². The van der Waals surface area contributed by atoms with Crippen LogP contribution in [0.3, 0.4) is 0 Å². The first kappa shape index (κ1) is 9.93. The van der Waals surface area contributed by atoms with Gasteiger partial charge < -0.3 is 0 Å². The zero-order chi connectivity index (χ0) is 11.5. The van der Waals surface area contributed by atoms with E-state index in [0.29, 0.717) is 0 Å². The van der Waals surface area contributed by atoms with Gasteiger partial charge in [0.1, 0.15) is 0 Å².